The molecule has 0 saturated carbocycles. The van der Waals surface area contributed by atoms with Crippen LogP contribution >= 0.6 is 0 Å². The van der Waals surface area contributed by atoms with E-state index in [2.05, 4.69) is 0 Å². The second-order valence-electron chi connectivity index (χ2n) is 2.56. The zero-order valence-corrected chi connectivity index (χ0v) is 6.89. The summed E-state index contributed by atoms with van der Waals surface area (Å²) in [5, 5.41) is 0. The van der Waals surface area contributed by atoms with Crippen molar-refractivity contribution >= 4 is 6.29 Å². The van der Waals surface area contributed by atoms with Gasteiger partial charge in [0.15, 0.2) is 0 Å². The maximum absolute atomic E-state index is 9.95. The van der Waals surface area contributed by atoms with Crippen LogP contribution in [0.5, 0.6) is 0 Å². The molecule has 59 valence electrons. The number of hydrogen-bond donors (Lipinski definition) is 0. The summed E-state index contributed by atoms with van der Waals surface area (Å²) in [5.74, 6) is 0. The molecule has 0 amide bonds. The van der Waals surface area contributed by atoms with Crippen molar-refractivity contribution in [3.63, 3.8) is 0 Å². The summed E-state index contributed by atoms with van der Waals surface area (Å²) in [5.41, 5.74) is 0. The molecule has 0 aromatic carbocycles. The number of rotatable bonds is 5. The molecule has 0 aromatic rings. The zero-order valence-electron chi connectivity index (χ0n) is 6.89. The fourth-order valence-corrected chi connectivity index (χ4v) is 0.767. The minimum absolute atomic E-state index is 0.0671. The van der Waals surface area contributed by atoms with Crippen molar-refractivity contribution < 1.29 is 9.53 Å². The summed E-state index contributed by atoms with van der Waals surface area (Å²) in [7, 11) is 0. The average Bonchev–Trinajstić information content (AvgIpc) is 1.86. The van der Waals surface area contributed by atoms with E-state index in [1.54, 1.807) is 0 Å². The molecule has 0 N–H and O–H groups in total. The summed E-state index contributed by atoms with van der Waals surface area (Å²) in [6, 6.07) is 0. The lowest BCUT2D eigenvalue weighted by Gasteiger charge is -2.15. The molecule has 0 spiro atoms. The molecule has 0 saturated heterocycles. The van der Waals surface area contributed by atoms with Gasteiger partial charge in [-0.3, -0.25) is 4.79 Å². The molecule has 0 fully saturated rings. The third-order valence-corrected chi connectivity index (χ3v) is 1.23. The molecule has 2 heteroatoms. The molecule has 0 rings (SSSR count). The van der Waals surface area contributed by atoms with E-state index in [0.29, 0.717) is 6.42 Å². The first-order chi connectivity index (χ1) is 4.70. The normalized spacial score (nSPS) is 13.6. The minimum atomic E-state index is 0.0671. The Balaban J connectivity index is 3.48. The van der Waals surface area contributed by atoms with Gasteiger partial charge in [-0.15, -0.1) is 0 Å². The summed E-state index contributed by atoms with van der Waals surface area (Å²) in [6.45, 7) is 5.94. The first-order valence-corrected chi connectivity index (χ1v) is 3.71. The highest BCUT2D eigenvalue weighted by Gasteiger charge is 2.07. The lowest BCUT2D eigenvalue weighted by Crippen LogP contribution is -2.17. The zero-order chi connectivity index (χ0) is 7.98. The molecule has 1 unspecified atom stereocenters. The average molecular weight is 143 g/mol. The van der Waals surface area contributed by atoms with Gasteiger partial charge in [0.25, 0.3) is 0 Å². The van der Waals surface area contributed by atoms with Gasteiger partial charge in [0.2, 0.25) is 6.29 Å². The van der Waals surface area contributed by atoms with Crippen LogP contribution in [0.2, 0.25) is 0 Å². The van der Waals surface area contributed by atoms with Crippen molar-refractivity contribution in [2.75, 3.05) is 0 Å². The number of ether oxygens (including phenoxy) is 1. The largest absolute Gasteiger partial charge is 0.375 e. The Morgan fingerprint density at radius 3 is 2.40 bits per heavy atom. The first-order valence-electron chi connectivity index (χ1n) is 3.71. The van der Waals surface area contributed by atoms with Crippen molar-refractivity contribution in [1.29, 1.82) is 0 Å². The maximum Gasteiger partial charge on any atom is 0.201 e. The van der Waals surface area contributed by atoms with Crippen LogP contribution in [0.25, 0.3) is 0 Å². The standard InChI is InChI=1S/C8H15O2/c1-4-8(5-6-9)10-7(2)3/h7-8H,4-5H2,1-3H3. The summed E-state index contributed by atoms with van der Waals surface area (Å²) >= 11 is 0. The Kier molecular flexibility index (Phi) is 5.22. The molecule has 0 bridgehead atoms. The molecule has 0 heterocycles. The monoisotopic (exact) mass is 143 g/mol. The quantitative estimate of drug-likeness (QED) is 0.585. The molecule has 1 atom stereocenters. The van der Waals surface area contributed by atoms with Crippen LogP contribution in [-0.4, -0.2) is 18.5 Å². The Morgan fingerprint density at radius 2 is 2.10 bits per heavy atom. The molecule has 10 heavy (non-hydrogen) atoms. The van der Waals surface area contributed by atoms with Gasteiger partial charge in [0.05, 0.1) is 12.2 Å². The van der Waals surface area contributed by atoms with E-state index in [0.717, 1.165) is 6.42 Å². The maximum atomic E-state index is 9.95. The lowest BCUT2D eigenvalue weighted by atomic mass is 10.2. The third kappa shape index (κ3) is 4.50. The van der Waals surface area contributed by atoms with Gasteiger partial charge in [-0.25, -0.2) is 0 Å². The Hall–Kier alpha value is -0.370. The Morgan fingerprint density at radius 1 is 1.50 bits per heavy atom. The van der Waals surface area contributed by atoms with Gasteiger partial charge >= 0.3 is 0 Å². The van der Waals surface area contributed by atoms with Crippen molar-refractivity contribution in [3.05, 3.63) is 0 Å². The molecule has 0 aliphatic rings. The van der Waals surface area contributed by atoms with Crippen LogP contribution in [0.15, 0.2) is 0 Å². The van der Waals surface area contributed by atoms with Crippen LogP contribution in [0, 0.1) is 0 Å². The van der Waals surface area contributed by atoms with E-state index in [1.807, 2.05) is 27.1 Å². The number of carbonyl (C=O) groups excluding carboxylic acids is 1. The molecule has 2 nitrogen and oxygen atoms in total. The van der Waals surface area contributed by atoms with E-state index in [1.165, 1.54) is 0 Å². The topological polar surface area (TPSA) is 26.3 Å². The van der Waals surface area contributed by atoms with Crippen LogP contribution in [0.3, 0.4) is 0 Å². The smallest absolute Gasteiger partial charge is 0.201 e. The highest BCUT2D eigenvalue weighted by atomic mass is 16.5. The van der Waals surface area contributed by atoms with Crippen LogP contribution in [0.1, 0.15) is 33.6 Å². The molecule has 0 aliphatic carbocycles. The van der Waals surface area contributed by atoms with Crippen LogP contribution < -0.4 is 0 Å². The third-order valence-electron chi connectivity index (χ3n) is 1.23. The van der Waals surface area contributed by atoms with Crippen molar-refractivity contribution in [3.8, 4) is 0 Å². The Labute approximate surface area is 62.6 Å². The molecule has 0 aliphatic heterocycles. The summed E-state index contributed by atoms with van der Waals surface area (Å²) in [4.78, 5) is 9.95. The van der Waals surface area contributed by atoms with Gasteiger partial charge in [-0.1, -0.05) is 6.92 Å². The van der Waals surface area contributed by atoms with Gasteiger partial charge in [-0.2, -0.15) is 0 Å². The fourth-order valence-electron chi connectivity index (χ4n) is 0.767. The lowest BCUT2D eigenvalue weighted by molar-refractivity contribution is 0.0102. The highest BCUT2D eigenvalue weighted by Crippen LogP contribution is 2.04. The van der Waals surface area contributed by atoms with Crippen LogP contribution in [-0.2, 0) is 9.53 Å². The van der Waals surface area contributed by atoms with E-state index >= 15 is 0 Å². The molecular weight excluding hydrogens is 128 g/mol. The second-order valence-corrected chi connectivity index (χ2v) is 2.56. The Bertz CT molecular complexity index is 89.3. The summed E-state index contributed by atoms with van der Waals surface area (Å²) < 4.78 is 5.38. The van der Waals surface area contributed by atoms with Crippen molar-refractivity contribution in [1.82, 2.24) is 0 Å². The molecular formula is C8H15O2. The SMILES string of the molecule is CCC(C[C]=O)OC(C)C. The fraction of sp³-hybridized carbons (Fsp3) is 0.875. The van der Waals surface area contributed by atoms with Gasteiger partial charge < -0.3 is 4.74 Å². The van der Waals surface area contributed by atoms with Crippen molar-refractivity contribution in [2.45, 2.75) is 45.8 Å². The predicted molar refractivity (Wildman–Crippen MR) is 40.6 cm³/mol. The van der Waals surface area contributed by atoms with E-state index in [-0.39, 0.29) is 12.2 Å². The molecule has 0 aromatic heterocycles. The van der Waals surface area contributed by atoms with Crippen molar-refractivity contribution in [2.24, 2.45) is 0 Å². The van der Waals surface area contributed by atoms with Crippen LogP contribution in [0.4, 0.5) is 0 Å². The first kappa shape index (κ1) is 9.63. The van der Waals surface area contributed by atoms with Gasteiger partial charge in [-0.05, 0) is 20.3 Å². The van der Waals surface area contributed by atoms with Gasteiger partial charge in [0.1, 0.15) is 0 Å². The number of hydrogen-bond acceptors (Lipinski definition) is 2. The highest BCUT2D eigenvalue weighted by molar-refractivity contribution is 5.51. The van der Waals surface area contributed by atoms with E-state index < -0.39 is 0 Å². The minimum Gasteiger partial charge on any atom is -0.375 e. The van der Waals surface area contributed by atoms with Gasteiger partial charge in [0, 0.05) is 6.42 Å². The molecule has 1 radical (unpaired) electrons. The van der Waals surface area contributed by atoms with E-state index in [9.17, 15) is 4.79 Å². The predicted octanol–water partition coefficient (Wildman–Crippen LogP) is 1.69. The van der Waals surface area contributed by atoms with E-state index in [4.69, 9.17) is 4.74 Å². The summed E-state index contributed by atoms with van der Waals surface area (Å²) in [6.07, 6.45) is 3.40. The second kappa shape index (κ2) is 5.42.